The van der Waals surface area contributed by atoms with Gasteiger partial charge >= 0.3 is 0 Å². The first-order valence-corrected chi connectivity index (χ1v) is 8.13. The maximum absolute atomic E-state index is 4.42. The highest BCUT2D eigenvalue weighted by Gasteiger charge is 2.12. The average Bonchev–Trinajstić information content (AvgIpc) is 2.65. The summed E-state index contributed by atoms with van der Waals surface area (Å²) in [6.45, 7) is 7.63. The van der Waals surface area contributed by atoms with Crippen LogP contribution >= 0.6 is 11.8 Å². The number of nitrogens with one attached hydrogen (secondary N) is 1. The third-order valence-corrected chi connectivity index (χ3v) is 4.24. The molecule has 18 heavy (non-hydrogen) atoms. The summed E-state index contributed by atoms with van der Waals surface area (Å²) >= 11 is 2.05. The number of aromatic nitrogens is 2. The molecule has 1 heterocycles. The molecule has 0 bridgehead atoms. The van der Waals surface area contributed by atoms with Crippen molar-refractivity contribution in [3.05, 3.63) is 17.5 Å². The van der Waals surface area contributed by atoms with E-state index in [1.807, 2.05) is 11.7 Å². The Bertz CT molecular complexity index is 336. The molecule has 0 radical (unpaired) electrons. The van der Waals surface area contributed by atoms with Crippen LogP contribution in [0.15, 0.2) is 6.07 Å². The predicted octanol–water partition coefficient (Wildman–Crippen LogP) is 2.78. The van der Waals surface area contributed by atoms with Gasteiger partial charge in [0.15, 0.2) is 0 Å². The molecule has 0 spiro atoms. The first-order valence-electron chi connectivity index (χ1n) is 6.98. The van der Waals surface area contributed by atoms with Gasteiger partial charge in [0.05, 0.1) is 5.69 Å². The Labute approximate surface area is 116 Å². The van der Waals surface area contributed by atoms with Gasteiger partial charge in [-0.1, -0.05) is 13.8 Å². The Kier molecular flexibility index (Phi) is 7.44. The van der Waals surface area contributed by atoms with Crippen LogP contribution in [-0.2, 0) is 13.5 Å². The fourth-order valence-corrected chi connectivity index (χ4v) is 2.99. The zero-order valence-corrected chi connectivity index (χ0v) is 13.0. The van der Waals surface area contributed by atoms with E-state index in [0.29, 0.717) is 6.04 Å². The molecular weight excluding hydrogens is 242 g/mol. The largest absolute Gasteiger partial charge is 0.313 e. The second-order valence-corrected chi connectivity index (χ2v) is 5.98. The van der Waals surface area contributed by atoms with Gasteiger partial charge in [-0.2, -0.15) is 16.9 Å². The minimum atomic E-state index is 0.566. The van der Waals surface area contributed by atoms with Gasteiger partial charge in [0, 0.05) is 31.0 Å². The lowest BCUT2D eigenvalue weighted by molar-refractivity contribution is 0.531. The lowest BCUT2D eigenvalue weighted by Gasteiger charge is -2.18. The van der Waals surface area contributed by atoms with Crippen LogP contribution in [0.5, 0.6) is 0 Å². The second-order valence-electron chi connectivity index (χ2n) is 4.83. The first kappa shape index (κ1) is 15.6. The van der Waals surface area contributed by atoms with Gasteiger partial charge in [0.1, 0.15) is 0 Å². The molecule has 1 N–H and O–H groups in total. The van der Waals surface area contributed by atoms with Crippen LogP contribution in [0.25, 0.3) is 0 Å². The predicted molar refractivity (Wildman–Crippen MR) is 81.3 cm³/mol. The molecule has 0 aliphatic heterocycles. The Morgan fingerprint density at radius 1 is 1.39 bits per heavy atom. The SMILES string of the molecule is CCCNC(CSCCC)Cc1cc(C)nn1C. The number of nitrogens with zero attached hydrogens (tertiary/aromatic N) is 2. The standard InChI is InChI=1S/C14H27N3S/c1-5-7-15-13(11-18-8-6-2)10-14-9-12(3)16-17(14)4/h9,13,15H,5-8,10-11H2,1-4H3. The molecule has 1 aromatic heterocycles. The second kappa shape index (κ2) is 8.59. The van der Waals surface area contributed by atoms with Gasteiger partial charge in [0.25, 0.3) is 0 Å². The quantitative estimate of drug-likeness (QED) is 0.699. The number of thioether (sulfide) groups is 1. The fourth-order valence-electron chi connectivity index (χ4n) is 2.02. The molecule has 3 nitrogen and oxygen atoms in total. The van der Waals surface area contributed by atoms with Crippen molar-refractivity contribution in [2.24, 2.45) is 7.05 Å². The highest BCUT2D eigenvalue weighted by atomic mass is 32.2. The Hall–Kier alpha value is -0.480. The average molecular weight is 269 g/mol. The van der Waals surface area contributed by atoms with Crippen molar-refractivity contribution in [3.8, 4) is 0 Å². The summed E-state index contributed by atoms with van der Waals surface area (Å²) in [6.07, 6.45) is 3.53. The summed E-state index contributed by atoms with van der Waals surface area (Å²) in [6, 6.07) is 2.77. The Morgan fingerprint density at radius 3 is 2.72 bits per heavy atom. The monoisotopic (exact) mass is 269 g/mol. The maximum Gasteiger partial charge on any atom is 0.0596 e. The van der Waals surface area contributed by atoms with Crippen molar-refractivity contribution in [2.45, 2.75) is 46.1 Å². The van der Waals surface area contributed by atoms with Crippen LogP contribution in [0.2, 0.25) is 0 Å². The van der Waals surface area contributed by atoms with Gasteiger partial charge in [-0.15, -0.1) is 0 Å². The van der Waals surface area contributed by atoms with Gasteiger partial charge in [0.2, 0.25) is 0 Å². The Morgan fingerprint density at radius 2 is 2.17 bits per heavy atom. The Balaban J connectivity index is 2.50. The van der Waals surface area contributed by atoms with Gasteiger partial charge in [-0.3, -0.25) is 4.68 Å². The molecule has 0 saturated heterocycles. The lowest BCUT2D eigenvalue weighted by atomic mass is 10.1. The van der Waals surface area contributed by atoms with Gasteiger partial charge in [-0.05, 0) is 38.1 Å². The van der Waals surface area contributed by atoms with E-state index >= 15 is 0 Å². The van der Waals surface area contributed by atoms with E-state index in [0.717, 1.165) is 18.7 Å². The van der Waals surface area contributed by atoms with E-state index in [1.54, 1.807) is 0 Å². The summed E-state index contributed by atoms with van der Waals surface area (Å²) in [5.74, 6) is 2.45. The van der Waals surface area contributed by atoms with E-state index in [9.17, 15) is 0 Å². The van der Waals surface area contributed by atoms with Crippen LogP contribution in [0.3, 0.4) is 0 Å². The van der Waals surface area contributed by atoms with Gasteiger partial charge in [-0.25, -0.2) is 0 Å². The smallest absolute Gasteiger partial charge is 0.0596 e. The van der Waals surface area contributed by atoms with Crippen molar-refractivity contribution in [1.29, 1.82) is 0 Å². The van der Waals surface area contributed by atoms with Crippen molar-refractivity contribution < 1.29 is 0 Å². The van der Waals surface area contributed by atoms with E-state index in [4.69, 9.17) is 0 Å². The van der Waals surface area contributed by atoms with Crippen LogP contribution in [0.4, 0.5) is 0 Å². The maximum atomic E-state index is 4.42. The third kappa shape index (κ3) is 5.44. The van der Waals surface area contributed by atoms with E-state index in [-0.39, 0.29) is 0 Å². The molecule has 1 rings (SSSR count). The first-order chi connectivity index (χ1) is 8.67. The molecule has 0 aliphatic rings. The summed E-state index contributed by atoms with van der Waals surface area (Å²) in [7, 11) is 2.04. The topological polar surface area (TPSA) is 29.9 Å². The van der Waals surface area contributed by atoms with Crippen molar-refractivity contribution in [1.82, 2.24) is 15.1 Å². The summed E-state index contributed by atoms with van der Waals surface area (Å²) in [4.78, 5) is 0. The molecule has 1 unspecified atom stereocenters. The number of hydrogen-bond donors (Lipinski definition) is 1. The van der Waals surface area contributed by atoms with Crippen LogP contribution in [0.1, 0.15) is 38.1 Å². The molecular formula is C14H27N3S. The molecule has 0 aliphatic carbocycles. The van der Waals surface area contributed by atoms with Crippen LogP contribution < -0.4 is 5.32 Å². The van der Waals surface area contributed by atoms with Crippen LogP contribution in [0, 0.1) is 6.92 Å². The van der Waals surface area contributed by atoms with E-state index < -0.39 is 0 Å². The number of rotatable bonds is 9. The van der Waals surface area contributed by atoms with Crippen molar-refractivity contribution in [3.63, 3.8) is 0 Å². The molecule has 0 fully saturated rings. The molecule has 4 heteroatoms. The molecule has 104 valence electrons. The minimum Gasteiger partial charge on any atom is -0.313 e. The normalized spacial score (nSPS) is 12.9. The third-order valence-electron chi connectivity index (χ3n) is 2.90. The van der Waals surface area contributed by atoms with Crippen molar-refractivity contribution >= 4 is 11.8 Å². The van der Waals surface area contributed by atoms with Gasteiger partial charge < -0.3 is 5.32 Å². The zero-order valence-electron chi connectivity index (χ0n) is 12.2. The lowest BCUT2D eigenvalue weighted by Crippen LogP contribution is -2.34. The fraction of sp³-hybridized carbons (Fsp3) is 0.786. The number of aryl methyl sites for hydroxylation is 2. The zero-order chi connectivity index (χ0) is 13.4. The highest BCUT2D eigenvalue weighted by Crippen LogP contribution is 2.11. The molecule has 1 atom stereocenters. The highest BCUT2D eigenvalue weighted by molar-refractivity contribution is 7.99. The van der Waals surface area contributed by atoms with E-state index in [2.05, 4.69) is 49.0 Å². The summed E-state index contributed by atoms with van der Waals surface area (Å²) < 4.78 is 2.01. The molecule has 0 saturated carbocycles. The molecule has 0 aromatic carbocycles. The molecule has 1 aromatic rings. The molecule has 0 amide bonds. The number of hydrogen-bond acceptors (Lipinski definition) is 3. The summed E-state index contributed by atoms with van der Waals surface area (Å²) in [5, 5.41) is 8.07. The van der Waals surface area contributed by atoms with Crippen LogP contribution in [-0.4, -0.2) is 33.9 Å². The summed E-state index contributed by atoms with van der Waals surface area (Å²) in [5.41, 5.74) is 2.45. The van der Waals surface area contributed by atoms with E-state index in [1.165, 1.54) is 30.0 Å². The minimum absolute atomic E-state index is 0.566. The van der Waals surface area contributed by atoms with Crippen molar-refractivity contribution in [2.75, 3.05) is 18.1 Å².